The molecule has 0 bridgehead atoms. The molecule has 1 aliphatic heterocycles. The fourth-order valence-corrected chi connectivity index (χ4v) is 6.51. The van der Waals surface area contributed by atoms with E-state index in [-0.39, 0.29) is 30.9 Å². The Morgan fingerprint density at radius 1 is 1.16 bits per heavy atom. The normalized spacial score (nSPS) is 26.1. The van der Waals surface area contributed by atoms with Crippen LogP contribution in [0, 0.1) is 23.6 Å². The van der Waals surface area contributed by atoms with Crippen LogP contribution in [0.5, 0.6) is 5.75 Å². The highest BCUT2D eigenvalue weighted by Crippen LogP contribution is 2.47. The second kappa shape index (κ2) is 11.9. The lowest BCUT2D eigenvalue weighted by Crippen LogP contribution is -2.42. The molecule has 1 aromatic rings. The molecule has 4 atom stereocenters. The number of aliphatic hydroxyl groups is 3. The van der Waals surface area contributed by atoms with Crippen LogP contribution in [0.15, 0.2) is 34.9 Å². The van der Waals surface area contributed by atoms with Crippen molar-refractivity contribution < 1.29 is 34.4 Å². The van der Waals surface area contributed by atoms with E-state index in [0.29, 0.717) is 36.0 Å². The predicted molar refractivity (Wildman–Crippen MR) is 137 cm³/mol. The molecule has 202 valence electrons. The molecular weight excluding hydrogens is 477 g/mol. The average molecular weight is 516 g/mol. The molecule has 1 saturated carbocycles. The first-order chi connectivity index (χ1) is 17.8. The number of benzene rings is 1. The topological polar surface area (TPSA) is 118 Å². The number of phenols is 1. The van der Waals surface area contributed by atoms with Gasteiger partial charge in [-0.05, 0) is 67.4 Å². The summed E-state index contributed by atoms with van der Waals surface area (Å²) in [7, 11) is 0. The van der Waals surface area contributed by atoms with Crippen molar-refractivity contribution in [2.75, 3.05) is 13.2 Å². The molecule has 1 saturated heterocycles. The minimum Gasteiger partial charge on any atom is -0.505 e. The van der Waals surface area contributed by atoms with Crippen LogP contribution in [0.1, 0.15) is 70.3 Å². The lowest BCUT2D eigenvalue weighted by Gasteiger charge is -2.36. The number of aromatic hydroxyl groups is 1. The zero-order chi connectivity index (χ0) is 26.7. The summed E-state index contributed by atoms with van der Waals surface area (Å²) in [6.07, 6.45) is 7.12. The Labute approximate surface area is 217 Å². The minimum absolute atomic E-state index is 0.105. The number of halogens is 1. The van der Waals surface area contributed by atoms with Gasteiger partial charge in [-0.25, -0.2) is 4.39 Å². The van der Waals surface area contributed by atoms with Gasteiger partial charge in [-0.3, -0.25) is 14.5 Å². The van der Waals surface area contributed by atoms with Crippen LogP contribution >= 0.6 is 0 Å². The summed E-state index contributed by atoms with van der Waals surface area (Å²) in [6, 6.07) is 4.05. The largest absolute Gasteiger partial charge is 0.505 e. The fourth-order valence-electron chi connectivity index (χ4n) is 6.51. The maximum absolute atomic E-state index is 13.7. The molecule has 0 spiro atoms. The van der Waals surface area contributed by atoms with Gasteiger partial charge < -0.3 is 20.4 Å². The van der Waals surface area contributed by atoms with Crippen LogP contribution in [0.4, 0.5) is 4.39 Å². The van der Waals surface area contributed by atoms with Crippen molar-refractivity contribution in [3.8, 4) is 5.75 Å². The Morgan fingerprint density at radius 2 is 1.89 bits per heavy atom. The molecule has 0 aromatic heterocycles. The Balaban J connectivity index is 1.53. The summed E-state index contributed by atoms with van der Waals surface area (Å²) in [4.78, 5) is 28.3. The van der Waals surface area contributed by atoms with Gasteiger partial charge in [-0.2, -0.15) is 0 Å². The maximum atomic E-state index is 13.7. The summed E-state index contributed by atoms with van der Waals surface area (Å²) in [5, 5.41) is 41.2. The number of imide groups is 1. The number of hydrogen-bond donors (Lipinski definition) is 4. The predicted octanol–water partition coefficient (Wildman–Crippen LogP) is 3.70. The SMILES string of the molecule is CC/C(=C\c1ccc(O)c(F)c1)CC[C@@H](O)C1=C(CO)C[C@H]2C(=O)N(C3CCCCC3)C(=O)[C@H]2[C@H]1CO. The van der Waals surface area contributed by atoms with Gasteiger partial charge in [0.25, 0.3) is 0 Å². The number of nitrogens with zero attached hydrogens (tertiary/aromatic N) is 1. The highest BCUT2D eigenvalue weighted by atomic mass is 19.1. The number of carbonyl (C=O) groups is 2. The molecule has 8 heteroatoms. The smallest absolute Gasteiger partial charge is 0.234 e. The first-order valence-corrected chi connectivity index (χ1v) is 13.5. The zero-order valence-electron chi connectivity index (χ0n) is 21.4. The van der Waals surface area contributed by atoms with Crippen molar-refractivity contribution in [2.24, 2.45) is 17.8 Å². The van der Waals surface area contributed by atoms with E-state index in [0.717, 1.165) is 37.7 Å². The number of likely N-dealkylation sites (tertiary alicyclic amines) is 1. The molecule has 0 unspecified atom stereocenters. The number of carbonyl (C=O) groups excluding carboxylic acids is 2. The van der Waals surface area contributed by atoms with Crippen molar-refractivity contribution in [2.45, 2.75) is 76.9 Å². The molecule has 0 radical (unpaired) electrons. The van der Waals surface area contributed by atoms with E-state index in [4.69, 9.17) is 0 Å². The summed E-state index contributed by atoms with van der Waals surface area (Å²) < 4.78 is 13.7. The first kappa shape index (κ1) is 27.5. The first-order valence-electron chi connectivity index (χ1n) is 13.5. The number of rotatable bonds is 9. The molecule has 3 aliphatic rings. The van der Waals surface area contributed by atoms with Crippen molar-refractivity contribution in [3.63, 3.8) is 0 Å². The lowest BCUT2D eigenvalue weighted by molar-refractivity contribution is -0.143. The average Bonchev–Trinajstić information content (AvgIpc) is 3.16. The van der Waals surface area contributed by atoms with Gasteiger partial charge >= 0.3 is 0 Å². The zero-order valence-corrected chi connectivity index (χ0v) is 21.4. The van der Waals surface area contributed by atoms with Crippen molar-refractivity contribution in [3.05, 3.63) is 46.3 Å². The Bertz CT molecular complexity index is 1080. The lowest BCUT2D eigenvalue weighted by atomic mass is 9.68. The van der Waals surface area contributed by atoms with Crippen LogP contribution in [-0.4, -0.2) is 62.5 Å². The van der Waals surface area contributed by atoms with Gasteiger partial charge in [0.2, 0.25) is 11.8 Å². The highest BCUT2D eigenvalue weighted by molar-refractivity contribution is 6.06. The number of phenolic OH excluding ortho intramolecular Hbond substituents is 1. The van der Waals surface area contributed by atoms with E-state index in [1.54, 1.807) is 6.07 Å². The van der Waals surface area contributed by atoms with E-state index in [2.05, 4.69) is 0 Å². The highest BCUT2D eigenvalue weighted by Gasteiger charge is 2.56. The third kappa shape index (κ3) is 5.52. The molecule has 4 rings (SSSR count). The summed E-state index contributed by atoms with van der Waals surface area (Å²) in [6.45, 7) is 1.22. The quantitative estimate of drug-likeness (QED) is 0.294. The van der Waals surface area contributed by atoms with Crippen LogP contribution in [0.3, 0.4) is 0 Å². The standard InChI is InChI=1S/C29H38FNO6/c1-2-17(12-18-9-10-24(34)23(30)13-18)8-11-25(35)26-19(15-32)14-21-27(22(26)16-33)29(37)31(28(21)36)20-6-4-3-5-7-20/h9-10,12-13,20-22,25,27,32-35H,2-8,11,14-16H2,1H3/b17-12+/t21-,22+,25-,27-/m1/s1. The molecule has 37 heavy (non-hydrogen) atoms. The van der Waals surface area contributed by atoms with Crippen molar-refractivity contribution in [1.29, 1.82) is 0 Å². The van der Waals surface area contributed by atoms with E-state index >= 15 is 0 Å². The van der Waals surface area contributed by atoms with Gasteiger partial charge in [0.05, 0.1) is 31.2 Å². The van der Waals surface area contributed by atoms with Gasteiger partial charge in [-0.15, -0.1) is 0 Å². The van der Waals surface area contributed by atoms with Crippen LogP contribution < -0.4 is 0 Å². The molecular formula is C29H38FNO6. The Morgan fingerprint density at radius 3 is 2.51 bits per heavy atom. The van der Waals surface area contributed by atoms with Gasteiger partial charge in [0.1, 0.15) is 0 Å². The van der Waals surface area contributed by atoms with Crippen LogP contribution in [0.25, 0.3) is 6.08 Å². The number of hydrogen-bond acceptors (Lipinski definition) is 6. The van der Waals surface area contributed by atoms with E-state index < -0.39 is 42.0 Å². The summed E-state index contributed by atoms with van der Waals surface area (Å²) >= 11 is 0. The van der Waals surface area contributed by atoms with E-state index in [1.165, 1.54) is 17.0 Å². The monoisotopic (exact) mass is 515 g/mol. The summed E-state index contributed by atoms with van der Waals surface area (Å²) in [5.74, 6) is -3.64. The second-order valence-corrected chi connectivity index (χ2v) is 10.6. The fraction of sp³-hybridized carbons (Fsp3) is 0.586. The maximum Gasteiger partial charge on any atom is 0.234 e. The number of aliphatic hydroxyl groups excluding tert-OH is 3. The third-order valence-corrected chi connectivity index (χ3v) is 8.44. The molecule has 7 nitrogen and oxygen atoms in total. The molecule has 2 amide bonds. The number of allylic oxidation sites excluding steroid dienone is 1. The molecule has 1 heterocycles. The van der Waals surface area contributed by atoms with Gasteiger partial charge in [0, 0.05) is 12.0 Å². The van der Waals surface area contributed by atoms with Gasteiger partial charge in [0.15, 0.2) is 11.6 Å². The molecule has 1 aromatic carbocycles. The number of fused-ring (bicyclic) bond motifs is 1. The molecule has 2 fully saturated rings. The van der Waals surface area contributed by atoms with Crippen LogP contribution in [0.2, 0.25) is 0 Å². The molecule has 4 N–H and O–H groups in total. The van der Waals surface area contributed by atoms with Crippen LogP contribution in [-0.2, 0) is 9.59 Å². The van der Waals surface area contributed by atoms with E-state index in [1.807, 2.05) is 13.0 Å². The van der Waals surface area contributed by atoms with Crippen molar-refractivity contribution in [1.82, 2.24) is 4.90 Å². The Kier molecular flexibility index (Phi) is 8.82. The third-order valence-electron chi connectivity index (χ3n) is 8.44. The second-order valence-electron chi connectivity index (χ2n) is 10.6. The Hall–Kier alpha value is -2.55. The molecule has 2 aliphatic carbocycles. The van der Waals surface area contributed by atoms with Crippen molar-refractivity contribution >= 4 is 17.9 Å². The van der Waals surface area contributed by atoms with Gasteiger partial charge in [-0.1, -0.05) is 43.9 Å². The van der Waals surface area contributed by atoms with E-state index in [9.17, 15) is 34.4 Å². The minimum atomic E-state index is -1.00. The summed E-state index contributed by atoms with van der Waals surface area (Å²) in [5.41, 5.74) is 2.56. The number of amides is 2.